The summed E-state index contributed by atoms with van der Waals surface area (Å²) in [5.41, 5.74) is 5.54. The maximum atomic E-state index is 13.5. The van der Waals surface area contributed by atoms with Gasteiger partial charge in [0.2, 0.25) is 5.91 Å². The number of thiophene rings is 1. The summed E-state index contributed by atoms with van der Waals surface area (Å²) in [6.45, 7) is 0.0965. The van der Waals surface area contributed by atoms with E-state index < -0.39 is 12.1 Å². The van der Waals surface area contributed by atoms with Gasteiger partial charge in [0.15, 0.2) is 0 Å². The third-order valence-electron chi connectivity index (χ3n) is 3.03. The fourth-order valence-electron chi connectivity index (χ4n) is 1.98. The van der Waals surface area contributed by atoms with E-state index in [1.54, 1.807) is 18.2 Å². The van der Waals surface area contributed by atoms with Gasteiger partial charge in [-0.15, -0.1) is 11.3 Å². The average Bonchev–Trinajstić information content (AvgIpc) is 2.99. The summed E-state index contributed by atoms with van der Waals surface area (Å²) in [7, 11) is 0. The molecule has 0 saturated heterocycles. The minimum absolute atomic E-state index is 0.0396. The molecular weight excluding hydrogens is 305 g/mol. The Morgan fingerprint density at radius 1 is 1.23 bits per heavy atom. The van der Waals surface area contributed by atoms with Gasteiger partial charge in [0.1, 0.15) is 5.82 Å². The predicted molar refractivity (Wildman–Crippen MR) is 82.6 cm³/mol. The number of benzene rings is 1. The number of nitrogens with two attached hydrogens (primary N) is 1. The van der Waals surface area contributed by atoms with Crippen LogP contribution in [0.25, 0.3) is 0 Å². The number of halogens is 1. The predicted octanol–water partition coefficient (Wildman–Crippen LogP) is 2.30. The van der Waals surface area contributed by atoms with Crippen LogP contribution in [0.1, 0.15) is 22.9 Å². The van der Waals surface area contributed by atoms with Crippen LogP contribution < -0.4 is 16.4 Å². The molecule has 116 valence electrons. The number of nitrogens with one attached hydrogen (secondary N) is 2. The molecule has 1 atom stereocenters. The first-order valence-electron chi connectivity index (χ1n) is 6.65. The minimum Gasteiger partial charge on any atom is -0.352 e. The van der Waals surface area contributed by atoms with Crippen molar-refractivity contribution >= 4 is 23.3 Å². The van der Waals surface area contributed by atoms with Crippen molar-refractivity contribution in [3.05, 3.63) is 58.0 Å². The lowest BCUT2D eigenvalue weighted by atomic mass is 10.1. The van der Waals surface area contributed by atoms with E-state index in [1.165, 1.54) is 17.4 Å². The third kappa shape index (κ3) is 4.56. The van der Waals surface area contributed by atoms with Gasteiger partial charge in [-0.1, -0.05) is 24.3 Å². The number of carbonyl (C=O) groups excluding carboxylic acids is 2. The second-order valence-corrected chi connectivity index (χ2v) is 5.63. The molecule has 4 N–H and O–H groups in total. The number of carbonyl (C=O) groups is 2. The Labute approximate surface area is 131 Å². The number of hydrogen-bond acceptors (Lipinski definition) is 3. The molecule has 1 aromatic carbocycles. The number of amides is 3. The van der Waals surface area contributed by atoms with Crippen molar-refractivity contribution in [3.8, 4) is 0 Å². The SMILES string of the molecule is NC(=O)N[C@H](CC(=O)NCc1ccccc1F)c1cccs1. The van der Waals surface area contributed by atoms with Crippen LogP contribution in [-0.4, -0.2) is 11.9 Å². The Kier molecular flexibility index (Phi) is 5.48. The van der Waals surface area contributed by atoms with Gasteiger partial charge in [-0.2, -0.15) is 0 Å². The molecule has 0 unspecified atom stereocenters. The highest BCUT2D eigenvalue weighted by atomic mass is 32.1. The lowest BCUT2D eigenvalue weighted by Gasteiger charge is -2.16. The van der Waals surface area contributed by atoms with Crippen molar-refractivity contribution in [2.45, 2.75) is 19.0 Å². The smallest absolute Gasteiger partial charge is 0.312 e. The summed E-state index contributed by atoms with van der Waals surface area (Å²) >= 11 is 1.42. The third-order valence-corrected chi connectivity index (χ3v) is 4.01. The van der Waals surface area contributed by atoms with Gasteiger partial charge in [-0.05, 0) is 17.5 Å². The summed E-state index contributed by atoms with van der Waals surface area (Å²) in [5, 5.41) is 7.03. The molecule has 5 nitrogen and oxygen atoms in total. The summed E-state index contributed by atoms with van der Waals surface area (Å²) in [6.07, 6.45) is 0.0396. The van der Waals surface area contributed by atoms with Gasteiger partial charge in [0.25, 0.3) is 0 Å². The lowest BCUT2D eigenvalue weighted by molar-refractivity contribution is -0.121. The van der Waals surface area contributed by atoms with Crippen LogP contribution in [0, 0.1) is 5.82 Å². The zero-order valence-electron chi connectivity index (χ0n) is 11.7. The van der Waals surface area contributed by atoms with E-state index in [9.17, 15) is 14.0 Å². The van der Waals surface area contributed by atoms with E-state index in [2.05, 4.69) is 10.6 Å². The van der Waals surface area contributed by atoms with Gasteiger partial charge < -0.3 is 16.4 Å². The van der Waals surface area contributed by atoms with Gasteiger partial charge >= 0.3 is 6.03 Å². The first-order chi connectivity index (χ1) is 10.6. The molecule has 2 aromatic rings. The van der Waals surface area contributed by atoms with E-state index in [4.69, 9.17) is 5.73 Å². The number of urea groups is 1. The van der Waals surface area contributed by atoms with Crippen LogP contribution in [0.15, 0.2) is 41.8 Å². The number of primary amides is 1. The largest absolute Gasteiger partial charge is 0.352 e. The fourth-order valence-corrected chi connectivity index (χ4v) is 2.76. The van der Waals surface area contributed by atoms with Crippen molar-refractivity contribution in [3.63, 3.8) is 0 Å². The maximum absolute atomic E-state index is 13.5. The van der Waals surface area contributed by atoms with Crippen LogP contribution in [0.4, 0.5) is 9.18 Å². The molecular formula is C15H16FN3O2S. The van der Waals surface area contributed by atoms with E-state index >= 15 is 0 Å². The molecule has 0 aliphatic carbocycles. The molecule has 22 heavy (non-hydrogen) atoms. The monoisotopic (exact) mass is 321 g/mol. The molecule has 0 aliphatic rings. The summed E-state index contributed by atoms with van der Waals surface area (Å²) in [6, 6.07) is 8.69. The summed E-state index contributed by atoms with van der Waals surface area (Å²) in [4.78, 5) is 23.9. The summed E-state index contributed by atoms with van der Waals surface area (Å²) in [5.74, 6) is -0.664. The average molecular weight is 321 g/mol. The van der Waals surface area contributed by atoms with Crippen LogP contribution in [0.5, 0.6) is 0 Å². The van der Waals surface area contributed by atoms with Gasteiger partial charge in [0.05, 0.1) is 12.5 Å². The minimum atomic E-state index is -0.694. The summed E-state index contributed by atoms with van der Waals surface area (Å²) < 4.78 is 13.5. The quantitative estimate of drug-likeness (QED) is 0.763. The van der Waals surface area contributed by atoms with E-state index in [-0.39, 0.29) is 24.7 Å². The molecule has 0 fully saturated rings. The van der Waals surface area contributed by atoms with Gasteiger partial charge in [0, 0.05) is 17.0 Å². The van der Waals surface area contributed by atoms with Crippen LogP contribution >= 0.6 is 11.3 Å². The highest BCUT2D eigenvalue weighted by Crippen LogP contribution is 2.21. The molecule has 2 rings (SSSR count). The molecule has 0 spiro atoms. The Hall–Kier alpha value is -2.41. The van der Waals surface area contributed by atoms with Crippen molar-refractivity contribution < 1.29 is 14.0 Å². The van der Waals surface area contributed by atoms with E-state index in [0.29, 0.717) is 5.56 Å². The molecule has 0 radical (unpaired) electrons. The highest BCUT2D eigenvalue weighted by molar-refractivity contribution is 7.10. The molecule has 7 heteroatoms. The van der Waals surface area contributed by atoms with Crippen molar-refractivity contribution in [1.82, 2.24) is 10.6 Å². The Morgan fingerprint density at radius 3 is 2.64 bits per heavy atom. The normalized spacial score (nSPS) is 11.7. The van der Waals surface area contributed by atoms with E-state index in [1.807, 2.05) is 17.5 Å². The first kappa shape index (κ1) is 16.0. The Bertz CT molecular complexity index is 646. The lowest BCUT2D eigenvalue weighted by Crippen LogP contribution is -2.36. The molecule has 0 saturated carbocycles. The molecule has 0 bridgehead atoms. The van der Waals surface area contributed by atoms with Crippen LogP contribution in [-0.2, 0) is 11.3 Å². The van der Waals surface area contributed by atoms with Crippen molar-refractivity contribution in [2.75, 3.05) is 0 Å². The van der Waals surface area contributed by atoms with E-state index in [0.717, 1.165) is 4.88 Å². The Balaban J connectivity index is 1.94. The topological polar surface area (TPSA) is 84.2 Å². The van der Waals surface area contributed by atoms with Crippen molar-refractivity contribution in [1.29, 1.82) is 0 Å². The van der Waals surface area contributed by atoms with Gasteiger partial charge in [-0.25, -0.2) is 9.18 Å². The van der Waals surface area contributed by atoms with Crippen molar-refractivity contribution in [2.24, 2.45) is 5.73 Å². The molecule has 1 aromatic heterocycles. The zero-order chi connectivity index (χ0) is 15.9. The molecule has 3 amide bonds. The standard InChI is InChI=1S/C15H16FN3O2S/c16-11-5-2-1-4-10(11)9-18-14(20)8-12(19-15(17)21)13-6-3-7-22-13/h1-7,12H,8-9H2,(H,18,20)(H3,17,19,21)/t12-/m1/s1. The molecule has 0 aliphatic heterocycles. The first-order valence-corrected chi connectivity index (χ1v) is 7.53. The second-order valence-electron chi connectivity index (χ2n) is 4.65. The highest BCUT2D eigenvalue weighted by Gasteiger charge is 2.18. The van der Waals surface area contributed by atoms with Crippen LogP contribution in [0.3, 0.4) is 0 Å². The Morgan fingerprint density at radius 2 is 2.00 bits per heavy atom. The maximum Gasteiger partial charge on any atom is 0.312 e. The fraction of sp³-hybridized carbons (Fsp3) is 0.200. The molecule has 1 heterocycles. The number of rotatable bonds is 6. The van der Waals surface area contributed by atoms with Gasteiger partial charge in [-0.3, -0.25) is 4.79 Å². The number of hydrogen-bond donors (Lipinski definition) is 3. The van der Waals surface area contributed by atoms with Crippen LogP contribution in [0.2, 0.25) is 0 Å². The zero-order valence-corrected chi connectivity index (χ0v) is 12.5. The second kappa shape index (κ2) is 7.56.